The number of hydrogen-bond donors (Lipinski definition) is 2. The molecule has 8 heteroatoms. The molecule has 0 saturated carbocycles. The number of rotatable bonds is 5. The molecule has 0 spiro atoms. The lowest BCUT2D eigenvalue weighted by molar-refractivity contribution is 0.0945. The summed E-state index contributed by atoms with van der Waals surface area (Å²) in [5, 5.41) is 6.24. The van der Waals surface area contributed by atoms with E-state index in [0.717, 1.165) is 5.56 Å². The fourth-order valence-electron chi connectivity index (χ4n) is 2.14. The monoisotopic (exact) mass is 390 g/mol. The van der Waals surface area contributed by atoms with Gasteiger partial charge in [-0.3, -0.25) is 4.79 Å². The Kier molecular flexibility index (Phi) is 5.65. The van der Waals surface area contributed by atoms with Crippen molar-refractivity contribution in [2.75, 3.05) is 5.32 Å². The van der Waals surface area contributed by atoms with E-state index in [1.54, 1.807) is 6.07 Å². The molecule has 1 aromatic heterocycles. The number of benzene rings is 2. The molecular formula is C18H13Cl2FN4O. The molecule has 3 aromatic rings. The standard InChI is InChI=1S/C18H13Cl2FN4O/c19-13-4-2-1-3-11(13)8-24-18(26)16-9-23-17(10-22-16)25-12-5-6-15(21)14(20)7-12/h1-7,9-10H,8H2,(H,23,25)(H,24,26). The fourth-order valence-corrected chi connectivity index (χ4v) is 2.52. The minimum absolute atomic E-state index is 0.00136. The average Bonchev–Trinajstić information content (AvgIpc) is 2.64. The maximum absolute atomic E-state index is 13.2. The van der Waals surface area contributed by atoms with Crippen molar-refractivity contribution in [2.45, 2.75) is 6.54 Å². The van der Waals surface area contributed by atoms with Crippen LogP contribution in [0.2, 0.25) is 10.0 Å². The van der Waals surface area contributed by atoms with E-state index in [2.05, 4.69) is 20.6 Å². The van der Waals surface area contributed by atoms with Gasteiger partial charge in [-0.05, 0) is 29.8 Å². The third-order valence-corrected chi connectivity index (χ3v) is 4.13. The minimum atomic E-state index is -0.506. The van der Waals surface area contributed by atoms with E-state index in [1.807, 2.05) is 18.2 Å². The molecule has 1 heterocycles. The maximum Gasteiger partial charge on any atom is 0.271 e. The lowest BCUT2D eigenvalue weighted by Crippen LogP contribution is -2.24. The second kappa shape index (κ2) is 8.12. The Labute approximate surface area is 159 Å². The van der Waals surface area contributed by atoms with Crippen LogP contribution in [0.25, 0.3) is 0 Å². The number of halogens is 3. The Morgan fingerprint density at radius 1 is 1.04 bits per heavy atom. The zero-order valence-corrected chi connectivity index (χ0v) is 14.9. The second-order valence-corrected chi connectivity index (χ2v) is 6.13. The van der Waals surface area contributed by atoms with Gasteiger partial charge in [0.15, 0.2) is 0 Å². The van der Waals surface area contributed by atoms with Crippen molar-refractivity contribution in [2.24, 2.45) is 0 Å². The summed E-state index contributed by atoms with van der Waals surface area (Å²) in [6.45, 7) is 0.286. The predicted molar refractivity (Wildman–Crippen MR) is 99.3 cm³/mol. The minimum Gasteiger partial charge on any atom is -0.347 e. The molecule has 0 bridgehead atoms. The van der Waals surface area contributed by atoms with Crippen molar-refractivity contribution in [3.05, 3.63) is 82.0 Å². The quantitative estimate of drug-likeness (QED) is 0.668. The van der Waals surface area contributed by atoms with Gasteiger partial charge >= 0.3 is 0 Å². The summed E-state index contributed by atoms with van der Waals surface area (Å²) in [7, 11) is 0. The van der Waals surface area contributed by atoms with Gasteiger partial charge in [0.1, 0.15) is 17.3 Å². The molecule has 0 saturated heterocycles. The van der Waals surface area contributed by atoms with Gasteiger partial charge in [-0.25, -0.2) is 14.4 Å². The number of aromatic nitrogens is 2. The Morgan fingerprint density at radius 2 is 1.85 bits per heavy atom. The highest BCUT2D eigenvalue weighted by Crippen LogP contribution is 2.21. The van der Waals surface area contributed by atoms with Crippen molar-refractivity contribution < 1.29 is 9.18 Å². The molecule has 132 valence electrons. The van der Waals surface area contributed by atoms with Gasteiger partial charge in [-0.1, -0.05) is 41.4 Å². The molecule has 26 heavy (non-hydrogen) atoms. The topological polar surface area (TPSA) is 66.9 Å². The van der Waals surface area contributed by atoms with Crippen LogP contribution < -0.4 is 10.6 Å². The zero-order chi connectivity index (χ0) is 18.5. The number of amides is 1. The first kappa shape index (κ1) is 18.1. The van der Waals surface area contributed by atoms with E-state index in [-0.39, 0.29) is 23.2 Å². The van der Waals surface area contributed by atoms with E-state index in [9.17, 15) is 9.18 Å². The molecule has 0 unspecified atom stereocenters. The van der Waals surface area contributed by atoms with E-state index < -0.39 is 5.82 Å². The highest BCUT2D eigenvalue weighted by atomic mass is 35.5. The fraction of sp³-hybridized carbons (Fsp3) is 0.0556. The van der Waals surface area contributed by atoms with Crippen molar-refractivity contribution in [3.63, 3.8) is 0 Å². The Bertz CT molecular complexity index is 935. The third-order valence-electron chi connectivity index (χ3n) is 3.47. The molecule has 0 atom stereocenters. The molecule has 0 aliphatic rings. The van der Waals surface area contributed by atoms with Gasteiger partial charge in [0.05, 0.1) is 17.4 Å². The highest BCUT2D eigenvalue weighted by Gasteiger charge is 2.09. The number of carbonyl (C=O) groups excluding carboxylic acids is 1. The van der Waals surface area contributed by atoms with Gasteiger partial charge in [0.2, 0.25) is 0 Å². The SMILES string of the molecule is O=C(NCc1ccccc1Cl)c1cnc(Nc2ccc(F)c(Cl)c2)cn1. The largest absolute Gasteiger partial charge is 0.347 e. The summed E-state index contributed by atoms with van der Waals surface area (Å²) in [6.07, 6.45) is 2.75. The summed E-state index contributed by atoms with van der Waals surface area (Å²) >= 11 is 11.8. The van der Waals surface area contributed by atoms with Crippen molar-refractivity contribution in [1.82, 2.24) is 15.3 Å². The van der Waals surface area contributed by atoms with Gasteiger partial charge in [-0.15, -0.1) is 0 Å². The Hall–Kier alpha value is -2.70. The van der Waals surface area contributed by atoms with Crippen LogP contribution in [-0.2, 0) is 6.54 Å². The zero-order valence-electron chi connectivity index (χ0n) is 13.3. The van der Waals surface area contributed by atoms with Crippen LogP contribution >= 0.6 is 23.2 Å². The number of hydrogen-bond acceptors (Lipinski definition) is 4. The van der Waals surface area contributed by atoms with Crippen LogP contribution in [0, 0.1) is 5.82 Å². The first-order chi connectivity index (χ1) is 12.5. The van der Waals surface area contributed by atoms with E-state index in [4.69, 9.17) is 23.2 Å². The van der Waals surface area contributed by atoms with Crippen LogP contribution in [0.15, 0.2) is 54.9 Å². The molecule has 0 radical (unpaired) electrons. The Balaban J connectivity index is 1.62. The first-order valence-corrected chi connectivity index (χ1v) is 8.34. The number of nitrogens with zero attached hydrogens (tertiary/aromatic N) is 2. The molecule has 2 aromatic carbocycles. The summed E-state index contributed by atoms with van der Waals surface area (Å²) < 4.78 is 13.2. The molecule has 2 N–H and O–H groups in total. The van der Waals surface area contributed by atoms with Gasteiger partial charge < -0.3 is 10.6 Å². The smallest absolute Gasteiger partial charge is 0.271 e. The molecule has 0 fully saturated rings. The van der Waals surface area contributed by atoms with Crippen molar-refractivity contribution in [3.8, 4) is 0 Å². The highest BCUT2D eigenvalue weighted by molar-refractivity contribution is 6.31. The lowest BCUT2D eigenvalue weighted by atomic mass is 10.2. The summed E-state index contributed by atoms with van der Waals surface area (Å²) in [5.74, 6) is -0.474. The number of carbonyl (C=O) groups is 1. The average molecular weight is 391 g/mol. The van der Waals surface area contributed by atoms with Crippen LogP contribution in [0.3, 0.4) is 0 Å². The van der Waals surface area contributed by atoms with Crippen LogP contribution in [-0.4, -0.2) is 15.9 Å². The molecule has 3 rings (SSSR count). The second-order valence-electron chi connectivity index (χ2n) is 5.31. The third kappa shape index (κ3) is 4.47. The predicted octanol–water partition coefficient (Wildman–Crippen LogP) is 4.60. The summed E-state index contributed by atoms with van der Waals surface area (Å²) in [4.78, 5) is 20.3. The van der Waals surface area contributed by atoms with Gasteiger partial charge in [0.25, 0.3) is 5.91 Å². The van der Waals surface area contributed by atoms with E-state index in [0.29, 0.717) is 16.5 Å². The van der Waals surface area contributed by atoms with E-state index >= 15 is 0 Å². The van der Waals surface area contributed by atoms with E-state index in [1.165, 1.54) is 30.6 Å². The Morgan fingerprint density at radius 3 is 2.54 bits per heavy atom. The van der Waals surface area contributed by atoms with Crippen LogP contribution in [0.1, 0.15) is 16.1 Å². The summed E-state index contributed by atoms with van der Waals surface area (Å²) in [6, 6.07) is 11.4. The van der Waals surface area contributed by atoms with Crippen LogP contribution in [0.5, 0.6) is 0 Å². The molecule has 1 amide bonds. The van der Waals surface area contributed by atoms with Crippen LogP contribution in [0.4, 0.5) is 15.9 Å². The molecule has 0 aliphatic heterocycles. The van der Waals surface area contributed by atoms with Crippen molar-refractivity contribution >= 4 is 40.6 Å². The number of anilines is 2. The molecule has 5 nitrogen and oxygen atoms in total. The molecule has 0 aliphatic carbocycles. The lowest BCUT2D eigenvalue weighted by Gasteiger charge is -2.08. The maximum atomic E-state index is 13.2. The van der Waals surface area contributed by atoms with Gasteiger partial charge in [-0.2, -0.15) is 0 Å². The van der Waals surface area contributed by atoms with Gasteiger partial charge in [0, 0.05) is 17.3 Å². The van der Waals surface area contributed by atoms with Crippen molar-refractivity contribution in [1.29, 1.82) is 0 Å². The first-order valence-electron chi connectivity index (χ1n) is 7.58. The summed E-state index contributed by atoms with van der Waals surface area (Å²) in [5.41, 5.74) is 1.53. The normalized spacial score (nSPS) is 10.4. The number of nitrogens with one attached hydrogen (secondary N) is 2. The molecular weight excluding hydrogens is 378 g/mol.